The third-order valence-electron chi connectivity index (χ3n) is 5.84. The number of benzene rings is 1. The Kier molecular flexibility index (Phi) is 5.42. The molecule has 0 unspecified atom stereocenters. The SMILES string of the molecule is O=C(NCC1CC1)C1=NOC2(CCN(C(=O)c3cc(C(F)(F)F)ccc3Cl)CC2)C1. The van der Waals surface area contributed by atoms with Gasteiger partial charge in [-0.25, -0.2) is 0 Å². The Morgan fingerprint density at radius 2 is 1.97 bits per heavy atom. The third kappa shape index (κ3) is 4.40. The molecule has 2 amide bonds. The molecular formula is C20H21ClF3N3O3. The van der Waals surface area contributed by atoms with Gasteiger partial charge in [0.25, 0.3) is 11.8 Å². The van der Waals surface area contributed by atoms with Crippen molar-refractivity contribution in [3.05, 3.63) is 34.3 Å². The molecule has 0 aromatic heterocycles. The Morgan fingerprint density at radius 3 is 2.60 bits per heavy atom. The van der Waals surface area contributed by atoms with Gasteiger partial charge in [0.05, 0.1) is 16.1 Å². The normalized spacial score (nSPS) is 20.7. The molecule has 4 rings (SSSR count). The first-order valence-electron chi connectivity index (χ1n) is 9.86. The van der Waals surface area contributed by atoms with Crippen molar-refractivity contribution in [2.45, 2.75) is 43.9 Å². The zero-order valence-corrected chi connectivity index (χ0v) is 16.9. The summed E-state index contributed by atoms with van der Waals surface area (Å²) in [5.41, 5.74) is -1.40. The Labute approximate surface area is 176 Å². The van der Waals surface area contributed by atoms with E-state index in [0.29, 0.717) is 37.4 Å². The van der Waals surface area contributed by atoms with Gasteiger partial charge in [-0.2, -0.15) is 13.2 Å². The van der Waals surface area contributed by atoms with E-state index in [2.05, 4.69) is 10.5 Å². The molecule has 1 aromatic rings. The van der Waals surface area contributed by atoms with Crippen molar-refractivity contribution in [3.8, 4) is 0 Å². The number of halogens is 4. The van der Waals surface area contributed by atoms with E-state index in [4.69, 9.17) is 16.4 Å². The van der Waals surface area contributed by atoms with Crippen LogP contribution in [-0.2, 0) is 15.8 Å². The molecule has 2 aliphatic heterocycles. The molecule has 162 valence electrons. The molecule has 10 heteroatoms. The number of oxime groups is 1. The second kappa shape index (κ2) is 7.76. The summed E-state index contributed by atoms with van der Waals surface area (Å²) in [5.74, 6) is -0.224. The van der Waals surface area contributed by atoms with Crippen LogP contribution >= 0.6 is 11.6 Å². The summed E-state index contributed by atoms with van der Waals surface area (Å²) >= 11 is 5.99. The van der Waals surface area contributed by atoms with Gasteiger partial charge in [0.2, 0.25) is 0 Å². The van der Waals surface area contributed by atoms with Gasteiger partial charge >= 0.3 is 6.18 Å². The van der Waals surface area contributed by atoms with Crippen LogP contribution < -0.4 is 5.32 Å². The number of alkyl halides is 3. The molecule has 1 aromatic carbocycles. The first-order valence-corrected chi connectivity index (χ1v) is 10.2. The topological polar surface area (TPSA) is 71.0 Å². The molecule has 2 heterocycles. The molecule has 1 spiro atoms. The van der Waals surface area contributed by atoms with E-state index in [-0.39, 0.29) is 29.6 Å². The van der Waals surface area contributed by atoms with Crippen molar-refractivity contribution >= 4 is 29.1 Å². The number of carbonyl (C=O) groups is 2. The van der Waals surface area contributed by atoms with Crippen molar-refractivity contribution < 1.29 is 27.6 Å². The van der Waals surface area contributed by atoms with Crippen LogP contribution in [0.3, 0.4) is 0 Å². The molecule has 1 saturated heterocycles. The highest BCUT2D eigenvalue weighted by molar-refractivity contribution is 6.39. The van der Waals surface area contributed by atoms with Crippen molar-refractivity contribution in [2.24, 2.45) is 11.1 Å². The number of nitrogens with zero attached hydrogens (tertiary/aromatic N) is 2. The smallest absolute Gasteiger partial charge is 0.388 e. The molecule has 1 aliphatic carbocycles. The zero-order valence-electron chi connectivity index (χ0n) is 16.1. The van der Waals surface area contributed by atoms with Crippen molar-refractivity contribution in [3.63, 3.8) is 0 Å². The van der Waals surface area contributed by atoms with Crippen LogP contribution in [-0.4, -0.2) is 47.7 Å². The van der Waals surface area contributed by atoms with E-state index in [1.54, 1.807) is 0 Å². The van der Waals surface area contributed by atoms with Gasteiger partial charge in [-0.05, 0) is 37.0 Å². The lowest BCUT2D eigenvalue weighted by atomic mass is 9.86. The van der Waals surface area contributed by atoms with Gasteiger partial charge in [0.1, 0.15) is 11.3 Å². The maximum Gasteiger partial charge on any atom is 0.416 e. The first-order chi connectivity index (χ1) is 14.2. The van der Waals surface area contributed by atoms with E-state index in [0.717, 1.165) is 31.0 Å². The van der Waals surface area contributed by atoms with Crippen molar-refractivity contribution in [1.29, 1.82) is 0 Å². The quantitative estimate of drug-likeness (QED) is 0.772. The Hall–Kier alpha value is -2.29. The molecule has 1 saturated carbocycles. The Balaban J connectivity index is 1.36. The van der Waals surface area contributed by atoms with Crippen LogP contribution in [0.15, 0.2) is 23.4 Å². The molecule has 30 heavy (non-hydrogen) atoms. The number of hydrogen-bond donors (Lipinski definition) is 1. The number of likely N-dealkylation sites (tertiary alicyclic amines) is 1. The minimum Gasteiger partial charge on any atom is -0.388 e. The van der Waals surface area contributed by atoms with Crippen LogP contribution in [0.2, 0.25) is 5.02 Å². The molecule has 6 nitrogen and oxygen atoms in total. The molecule has 0 atom stereocenters. The van der Waals surface area contributed by atoms with E-state index >= 15 is 0 Å². The molecule has 2 fully saturated rings. The Morgan fingerprint density at radius 1 is 1.27 bits per heavy atom. The first kappa shape index (κ1) is 21.0. The van der Waals surface area contributed by atoms with Crippen molar-refractivity contribution in [2.75, 3.05) is 19.6 Å². The van der Waals surface area contributed by atoms with Gasteiger partial charge in [-0.3, -0.25) is 9.59 Å². The number of carbonyl (C=O) groups excluding carboxylic acids is 2. The molecule has 0 radical (unpaired) electrons. The maximum atomic E-state index is 13.0. The average Bonchev–Trinajstić information content (AvgIpc) is 3.45. The van der Waals surface area contributed by atoms with Crippen LogP contribution in [0.5, 0.6) is 0 Å². The summed E-state index contributed by atoms with van der Waals surface area (Å²) in [5, 5.41) is 6.78. The predicted octanol–water partition coefficient (Wildman–Crippen LogP) is 3.64. The monoisotopic (exact) mass is 443 g/mol. The summed E-state index contributed by atoms with van der Waals surface area (Å²) in [6.07, 6.45) is -1.08. The van der Waals surface area contributed by atoms with Crippen LogP contribution in [0.25, 0.3) is 0 Å². The van der Waals surface area contributed by atoms with E-state index in [1.165, 1.54) is 4.90 Å². The lowest BCUT2D eigenvalue weighted by molar-refractivity contribution is -0.137. The largest absolute Gasteiger partial charge is 0.416 e. The van der Waals surface area contributed by atoms with Gasteiger partial charge in [-0.1, -0.05) is 16.8 Å². The summed E-state index contributed by atoms with van der Waals surface area (Å²) in [6.45, 7) is 1.20. The summed E-state index contributed by atoms with van der Waals surface area (Å²) < 4.78 is 38.9. The number of piperidine rings is 1. The molecule has 1 N–H and O–H groups in total. The highest BCUT2D eigenvalue weighted by atomic mass is 35.5. The second-order valence-electron chi connectivity index (χ2n) is 8.13. The number of hydrogen-bond acceptors (Lipinski definition) is 4. The summed E-state index contributed by atoms with van der Waals surface area (Å²) in [6, 6.07) is 2.72. The lowest BCUT2D eigenvalue weighted by Crippen LogP contribution is -2.47. The molecule has 3 aliphatic rings. The average molecular weight is 444 g/mol. The van der Waals surface area contributed by atoms with E-state index in [9.17, 15) is 22.8 Å². The number of amides is 2. The second-order valence-corrected chi connectivity index (χ2v) is 8.53. The fourth-order valence-electron chi connectivity index (χ4n) is 3.73. The zero-order chi connectivity index (χ0) is 21.5. The minimum absolute atomic E-state index is 0.0247. The van der Waals surface area contributed by atoms with Gasteiger partial charge in [0, 0.05) is 38.9 Å². The van der Waals surface area contributed by atoms with Gasteiger partial charge in [0.15, 0.2) is 0 Å². The highest BCUT2D eigenvalue weighted by Gasteiger charge is 2.45. The van der Waals surface area contributed by atoms with E-state index in [1.807, 2.05) is 0 Å². The van der Waals surface area contributed by atoms with Crippen LogP contribution in [0.1, 0.15) is 48.0 Å². The molecular weight excluding hydrogens is 423 g/mol. The Bertz CT molecular complexity index is 891. The minimum atomic E-state index is -4.56. The summed E-state index contributed by atoms with van der Waals surface area (Å²) in [4.78, 5) is 32.0. The highest BCUT2D eigenvalue weighted by Crippen LogP contribution is 2.36. The lowest BCUT2D eigenvalue weighted by Gasteiger charge is -2.37. The fourth-order valence-corrected chi connectivity index (χ4v) is 3.92. The molecule has 0 bridgehead atoms. The van der Waals surface area contributed by atoms with Crippen LogP contribution in [0, 0.1) is 5.92 Å². The summed E-state index contributed by atoms with van der Waals surface area (Å²) in [7, 11) is 0. The number of rotatable bonds is 4. The van der Waals surface area contributed by atoms with E-state index < -0.39 is 23.2 Å². The third-order valence-corrected chi connectivity index (χ3v) is 6.16. The van der Waals surface area contributed by atoms with Gasteiger partial charge < -0.3 is 15.1 Å². The standard InChI is InChI=1S/C20H21ClF3N3O3/c21-15-4-3-13(20(22,23)24)9-14(15)18(29)27-7-5-19(6-8-27)10-16(26-30-19)17(28)25-11-12-1-2-12/h3-4,9,12H,1-2,5-8,10-11H2,(H,25,28). The predicted molar refractivity (Wildman–Crippen MR) is 103 cm³/mol. The van der Waals surface area contributed by atoms with Gasteiger partial charge in [-0.15, -0.1) is 0 Å². The maximum absolute atomic E-state index is 13.0. The fraction of sp³-hybridized carbons (Fsp3) is 0.550. The van der Waals surface area contributed by atoms with Crippen LogP contribution in [0.4, 0.5) is 13.2 Å². The van der Waals surface area contributed by atoms with Crippen molar-refractivity contribution in [1.82, 2.24) is 10.2 Å². The number of nitrogens with one attached hydrogen (secondary N) is 1.